The highest BCUT2D eigenvalue weighted by Gasteiger charge is 2.32. The quantitative estimate of drug-likeness (QED) is 0.682. The third kappa shape index (κ3) is 4.53. The van der Waals surface area contributed by atoms with Crippen molar-refractivity contribution in [3.63, 3.8) is 0 Å². The number of methoxy groups -OCH3 is 1. The van der Waals surface area contributed by atoms with Crippen LogP contribution in [0.2, 0.25) is 0 Å². The minimum Gasteiger partial charge on any atom is -0.496 e. The number of fused-ring (bicyclic) bond motifs is 1. The minimum atomic E-state index is -0.807. The molecule has 1 aliphatic rings. The Morgan fingerprint density at radius 1 is 1.06 bits per heavy atom. The zero-order valence-corrected chi connectivity index (χ0v) is 17.5. The maximum Gasteiger partial charge on any atom is 0.267 e. The van der Waals surface area contributed by atoms with Gasteiger partial charge in [0, 0.05) is 24.6 Å². The summed E-state index contributed by atoms with van der Waals surface area (Å²) >= 11 is 0. The van der Waals surface area contributed by atoms with Crippen LogP contribution in [0.5, 0.6) is 11.5 Å². The number of rotatable bonds is 5. The molecular formula is C25H24N2O4. The molecule has 0 bridgehead atoms. The fraction of sp³-hybridized carbons (Fsp3) is 0.200. The number of hydrogen-bond donors (Lipinski definition) is 1. The van der Waals surface area contributed by atoms with Crippen molar-refractivity contribution in [2.24, 2.45) is 0 Å². The van der Waals surface area contributed by atoms with Crippen LogP contribution in [0.15, 0.2) is 72.8 Å². The topological polar surface area (TPSA) is 67.9 Å². The summed E-state index contributed by atoms with van der Waals surface area (Å²) in [4.78, 5) is 26.6. The lowest BCUT2D eigenvalue weighted by molar-refractivity contribution is -0.123. The standard InChI is InChI=1S/C25H24N2O4/c1-17(28)27-16-24(31-23-11-7-6-10-21(23)27)25(29)26-20-12-13-22(30-2)19(15-20)14-18-8-4-3-5-9-18/h3-13,15,24H,14,16H2,1-2H3,(H,26,29). The number of anilines is 2. The van der Waals surface area contributed by atoms with E-state index in [1.807, 2.05) is 60.7 Å². The van der Waals surface area contributed by atoms with Gasteiger partial charge in [-0.2, -0.15) is 0 Å². The first kappa shape index (κ1) is 20.5. The summed E-state index contributed by atoms with van der Waals surface area (Å²) in [6, 6.07) is 22.8. The van der Waals surface area contributed by atoms with E-state index in [1.165, 1.54) is 6.92 Å². The molecule has 6 heteroatoms. The van der Waals surface area contributed by atoms with E-state index in [2.05, 4.69) is 5.32 Å². The molecule has 2 amide bonds. The Kier molecular flexibility index (Phi) is 5.89. The van der Waals surface area contributed by atoms with Crippen molar-refractivity contribution in [3.05, 3.63) is 83.9 Å². The molecule has 0 aliphatic carbocycles. The van der Waals surface area contributed by atoms with E-state index in [0.717, 1.165) is 16.9 Å². The van der Waals surface area contributed by atoms with Crippen LogP contribution >= 0.6 is 0 Å². The second kappa shape index (κ2) is 8.92. The van der Waals surface area contributed by atoms with Gasteiger partial charge in [-0.15, -0.1) is 0 Å². The van der Waals surface area contributed by atoms with Crippen LogP contribution in [0.3, 0.4) is 0 Å². The SMILES string of the molecule is COc1ccc(NC(=O)C2CN(C(C)=O)c3ccccc3O2)cc1Cc1ccccc1. The average molecular weight is 416 g/mol. The lowest BCUT2D eigenvalue weighted by Crippen LogP contribution is -2.48. The molecule has 0 saturated heterocycles. The number of para-hydroxylation sites is 2. The summed E-state index contributed by atoms with van der Waals surface area (Å²) in [5, 5.41) is 2.92. The van der Waals surface area contributed by atoms with Crippen LogP contribution in [0.1, 0.15) is 18.1 Å². The first-order valence-corrected chi connectivity index (χ1v) is 10.1. The molecule has 31 heavy (non-hydrogen) atoms. The number of nitrogens with one attached hydrogen (secondary N) is 1. The van der Waals surface area contributed by atoms with Gasteiger partial charge in [-0.3, -0.25) is 9.59 Å². The molecule has 1 unspecified atom stereocenters. The fourth-order valence-electron chi connectivity index (χ4n) is 3.70. The molecule has 6 nitrogen and oxygen atoms in total. The van der Waals surface area contributed by atoms with Crippen molar-refractivity contribution >= 4 is 23.2 Å². The highest BCUT2D eigenvalue weighted by Crippen LogP contribution is 2.33. The van der Waals surface area contributed by atoms with Gasteiger partial charge in [0.2, 0.25) is 5.91 Å². The van der Waals surface area contributed by atoms with Gasteiger partial charge < -0.3 is 19.7 Å². The van der Waals surface area contributed by atoms with Crippen LogP contribution in [0, 0.1) is 0 Å². The number of ether oxygens (including phenoxy) is 2. The minimum absolute atomic E-state index is 0.136. The predicted octanol–water partition coefficient (Wildman–Crippen LogP) is 4.04. The van der Waals surface area contributed by atoms with Crippen molar-refractivity contribution < 1.29 is 19.1 Å². The molecule has 0 aromatic heterocycles. The van der Waals surface area contributed by atoms with E-state index in [4.69, 9.17) is 9.47 Å². The van der Waals surface area contributed by atoms with Crippen LogP contribution < -0.4 is 19.7 Å². The molecule has 1 heterocycles. The Labute approximate surface area is 181 Å². The molecule has 0 radical (unpaired) electrons. The van der Waals surface area contributed by atoms with E-state index in [1.54, 1.807) is 24.1 Å². The molecule has 0 saturated carbocycles. The first-order chi connectivity index (χ1) is 15.0. The third-order valence-electron chi connectivity index (χ3n) is 5.23. The Balaban J connectivity index is 1.53. The molecule has 1 atom stereocenters. The summed E-state index contributed by atoms with van der Waals surface area (Å²) in [5.74, 6) is 0.829. The largest absolute Gasteiger partial charge is 0.496 e. The molecule has 0 fully saturated rings. The van der Waals surface area contributed by atoms with Gasteiger partial charge in [-0.1, -0.05) is 42.5 Å². The van der Waals surface area contributed by atoms with E-state index < -0.39 is 6.10 Å². The molecule has 1 N–H and O–H groups in total. The Hall–Kier alpha value is -3.80. The van der Waals surface area contributed by atoms with Crippen LogP contribution in [0.25, 0.3) is 0 Å². The molecule has 3 aromatic rings. The zero-order chi connectivity index (χ0) is 21.8. The average Bonchev–Trinajstić information content (AvgIpc) is 2.79. The van der Waals surface area contributed by atoms with Gasteiger partial charge in [0.1, 0.15) is 11.5 Å². The molecule has 4 rings (SSSR count). The molecule has 1 aliphatic heterocycles. The van der Waals surface area contributed by atoms with Crippen molar-refractivity contribution in [1.82, 2.24) is 0 Å². The van der Waals surface area contributed by atoms with Crippen molar-refractivity contribution in [1.29, 1.82) is 0 Å². The zero-order valence-electron chi connectivity index (χ0n) is 17.5. The van der Waals surface area contributed by atoms with Gasteiger partial charge >= 0.3 is 0 Å². The Bertz CT molecular complexity index is 1100. The van der Waals surface area contributed by atoms with E-state index in [0.29, 0.717) is 23.5 Å². The summed E-state index contributed by atoms with van der Waals surface area (Å²) < 4.78 is 11.4. The Morgan fingerprint density at radius 2 is 1.81 bits per heavy atom. The number of nitrogens with zero attached hydrogens (tertiary/aromatic N) is 1. The van der Waals surface area contributed by atoms with Crippen LogP contribution in [0.4, 0.5) is 11.4 Å². The normalized spacial score (nSPS) is 14.9. The van der Waals surface area contributed by atoms with Gasteiger partial charge in [0.15, 0.2) is 6.10 Å². The lowest BCUT2D eigenvalue weighted by atomic mass is 10.0. The smallest absolute Gasteiger partial charge is 0.267 e. The Morgan fingerprint density at radius 3 is 2.55 bits per heavy atom. The highest BCUT2D eigenvalue weighted by atomic mass is 16.5. The number of carbonyl (C=O) groups excluding carboxylic acids is 2. The number of hydrogen-bond acceptors (Lipinski definition) is 4. The number of carbonyl (C=O) groups is 2. The van der Waals surface area contributed by atoms with Gasteiger partial charge in [-0.25, -0.2) is 0 Å². The summed E-state index contributed by atoms with van der Waals surface area (Å²) in [6.45, 7) is 1.64. The maximum absolute atomic E-state index is 13.0. The number of amides is 2. The molecule has 158 valence electrons. The lowest BCUT2D eigenvalue weighted by Gasteiger charge is -2.33. The molecule has 0 spiro atoms. The third-order valence-corrected chi connectivity index (χ3v) is 5.23. The molecular weight excluding hydrogens is 392 g/mol. The van der Waals surface area contributed by atoms with Crippen molar-refractivity contribution in [2.45, 2.75) is 19.4 Å². The van der Waals surface area contributed by atoms with Crippen LogP contribution in [-0.4, -0.2) is 31.6 Å². The number of benzene rings is 3. The molecule has 3 aromatic carbocycles. The van der Waals surface area contributed by atoms with Gasteiger partial charge in [0.05, 0.1) is 19.3 Å². The van der Waals surface area contributed by atoms with E-state index in [-0.39, 0.29) is 18.4 Å². The van der Waals surface area contributed by atoms with E-state index >= 15 is 0 Å². The second-order valence-corrected chi connectivity index (χ2v) is 7.38. The summed E-state index contributed by atoms with van der Waals surface area (Å²) in [6.07, 6.45) is -0.127. The predicted molar refractivity (Wildman–Crippen MR) is 120 cm³/mol. The summed E-state index contributed by atoms with van der Waals surface area (Å²) in [5.41, 5.74) is 3.43. The van der Waals surface area contributed by atoms with Gasteiger partial charge in [0.25, 0.3) is 5.91 Å². The monoisotopic (exact) mass is 416 g/mol. The van der Waals surface area contributed by atoms with Crippen molar-refractivity contribution in [3.8, 4) is 11.5 Å². The summed E-state index contributed by atoms with van der Waals surface area (Å²) in [7, 11) is 1.63. The van der Waals surface area contributed by atoms with Crippen molar-refractivity contribution in [2.75, 3.05) is 23.9 Å². The maximum atomic E-state index is 13.0. The van der Waals surface area contributed by atoms with Crippen LogP contribution in [-0.2, 0) is 16.0 Å². The fourth-order valence-corrected chi connectivity index (χ4v) is 3.70. The van der Waals surface area contributed by atoms with E-state index in [9.17, 15) is 9.59 Å². The highest BCUT2D eigenvalue weighted by molar-refractivity contribution is 5.99. The second-order valence-electron chi connectivity index (χ2n) is 7.38. The first-order valence-electron chi connectivity index (χ1n) is 10.1. The van der Waals surface area contributed by atoms with Gasteiger partial charge in [-0.05, 0) is 35.9 Å².